The highest BCUT2D eigenvalue weighted by Gasteiger charge is 2.47. The number of piperidine rings is 1. The van der Waals surface area contributed by atoms with E-state index in [1.54, 1.807) is 0 Å². The predicted octanol–water partition coefficient (Wildman–Crippen LogP) is -1.16. The van der Waals surface area contributed by atoms with Crippen molar-refractivity contribution in [2.75, 3.05) is 0 Å². The fourth-order valence-electron chi connectivity index (χ4n) is 4.28. The SMILES string of the molecule is [B]c1c(Cl)ccc(C(F)(F)C(=O)N([B])C([B])([B])c2ccc3c(c2)CN(C2CCC(=O)NC2=O)C3=O)c1[B]. The molecule has 4 amide bonds. The van der Waals surface area contributed by atoms with Gasteiger partial charge in [0.25, 0.3) is 11.8 Å². The van der Waals surface area contributed by atoms with E-state index in [1.165, 1.54) is 23.1 Å². The zero-order valence-corrected chi connectivity index (χ0v) is 19.9. The zero-order chi connectivity index (χ0) is 27.4. The first-order chi connectivity index (χ1) is 17.2. The van der Waals surface area contributed by atoms with Crippen LogP contribution in [0.1, 0.15) is 39.9 Å². The molecule has 2 aliphatic rings. The Bertz CT molecular complexity index is 1360. The van der Waals surface area contributed by atoms with Crippen molar-refractivity contribution in [1.29, 1.82) is 0 Å². The van der Waals surface area contributed by atoms with Gasteiger partial charge in [0.2, 0.25) is 19.8 Å². The first kappa shape index (κ1) is 27.0. The number of alkyl halides is 2. The highest BCUT2D eigenvalue weighted by molar-refractivity contribution is 6.55. The molecule has 176 valence electrons. The number of hydrogen-bond donors (Lipinski definition) is 1. The van der Waals surface area contributed by atoms with E-state index in [2.05, 4.69) is 5.32 Å². The Morgan fingerprint density at radius 3 is 2.43 bits per heavy atom. The van der Waals surface area contributed by atoms with E-state index in [4.69, 9.17) is 51.0 Å². The number of halogens is 3. The van der Waals surface area contributed by atoms with E-state index >= 15 is 8.78 Å². The van der Waals surface area contributed by atoms with Crippen LogP contribution in [-0.4, -0.2) is 78.7 Å². The third-order valence-corrected chi connectivity index (χ3v) is 6.77. The van der Waals surface area contributed by atoms with Gasteiger partial charge in [-0.25, -0.2) is 0 Å². The predicted molar refractivity (Wildman–Crippen MR) is 134 cm³/mol. The van der Waals surface area contributed by atoms with Crippen LogP contribution < -0.4 is 16.2 Å². The molecule has 0 aliphatic carbocycles. The number of fused-ring (bicyclic) bond motifs is 1. The molecule has 1 N–H and O–H groups in total. The molecule has 0 spiro atoms. The molecule has 7 nitrogen and oxygen atoms in total. The molecule has 2 aromatic rings. The second-order valence-electron chi connectivity index (χ2n) is 8.77. The lowest BCUT2D eigenvalue weighted by molar-refractivity contribution is -0.155. The Kier molecular flexibility index (Phi) is 6.86. The highest BCUT2D eigenvalue weighted by Crippen LogP contribution is 2.35. The summed E-state index contributed by atoms with van der Waals surface area (Å²) in [6.07, 6.45) is 0.214. The number of rotatable bonds is 5. The number of benzene rings is 2. The molecule has 2 heterocycles. The molecule has 2 aliphatic heterocycles. The van der Waals surface area contributed by atoms with Crippen LogP contribution in [0.15, 0.2) is 30.3 Å². The summed E-state index contributed by atoms with van der Waals surface area (Å²) in [5.41, 5.74) is -1.37. The van der Waals surface area contributed by atoms with Crippen molar-refractivity contribution in [2.45, 2.75) is 36.7 Å². The summed E-state index contributed by atoms with van der Waals surface area (Å²) in [4.78, 5) is 50.6. The van der Waals surface area contributed by atoms with Gasteiger partial charge in [-0.3, -0.25) is 24.5 Å². The fourth-order valence-corrected chi connectivity index (χ4v) is 4.45. The van der Waals surface area contributed by atoms with Gasteiger partial charge >= 0.3 is 5.92 Å². The average Bonchev–Trinajstić information content (AvgIpc) is 3.16. The topological polar surface area (TPSA) is 86.8 Å². The molecule has 0 saturated carbocycles. The number of hydrogen-bond acceptors (Lipinski definition) is 4. The molecule has 37 heavy (non-hydrogen) atoms. The molecule has 1 fully saturated rings. The maximum Gasteiger partial charge on any atom is 0.348 e. The van der Waals surface area contributed by atoms with E-state index < -0.39 is 52.0 Å². The number of imide groups is 1. The minimum absolute atomic E-state index is 0.0340. The maximum absolute atomic E-state index is 15.1. The first-order valence-electron chi connectivity index (χ1n) is 10.8. The normalized spacial score (nSPS) is 18.0. The summed E-state index contributed by atoms with van der Waals surface area (Å²) in [5.74, 6) is -7.77. The molecule has 0 bridgehead atoms. The van der Waals surface area contributed by atoms with Crippen LogP contribution in [0, 0.1) is 0 Å². The molecule has 2 aromatic carbocycles. The van der Waals surface area contributed by atoms with Gasteiger partial charge in [-0.05, 0) is 35.0 Å². The van der Waals surface area contributed by atoms with Crippen LogP contribution in [0.2, 0.25) is 5.02 Å². The number of carbonyl (C=O) groups is 4. The van der Waals surface area contributed by atoms with E-state index in [-0.39, 0.29) is 45.8 Å². The number of nitrogens with zero attached hydrogens (tertiary/aromatic N) is 2. The third-order valence-electron chi connectivity index (χ3n) is 6.44. The molecule has 4 rings (SSSR count). The summed E-state index contributed by atoms with van der Waals surface area (Å²) in [7, 11) is 29.0. The van der Waals surface area contributed by atoms with Crippen LogP contribution in [0.5, 0.6) is 0 Å². The molecule has 1 unspecified atom stereocenters. The van der Waals surface area contributed by atoms with Crippen molar-refractivity contribution in [3.8, 4) is 0 Å². The quantitative estimate of drug-likeness (QED) is 0.406. The second-order valence-corrected chi connectivity index (χ2v) is 9.18. The summed E-state index contributed by atoms with van der Waals surface area (Å²) in [5, 5.41) is -0.347. The Hall–Kier alpha value is -3.01. The van der Waals surface area contributed by atoms with Crippen LogP contribution in [0.3, 0.4) is 0 Å². The second kappa shape index (κ2) is 9.38. The van der Waals surface area contributed by atoms with Gasteiger partial charge in [-0.15, -0.1) is 0 Å². The van der Waals surface area contributed by atoms with Crippen LogP contribution in [-0.2, 0) is 32.2 Å². The van der Waals surface area contributed by atoms with Crippen LogP contribution in [0.25, 0.3) is 0 Å². The van der Waals surface area contributed by atoms with Crippen molar-refractivity contribution in [3.05, 3.63) is 57.6 Å². The van der Waals surface area contributed by atoms with Gasteiger partial charge in [0, 0.05) is 29.1 Å². The standard InChI is InChI=1S/C22H13B5ClF2N3O4/c23-16-12(3-4-13(28)17(16)24)21(29,30)20(37)33(27)22(25,26)10-1-2-11-9(7-10)8-32(19(11)36)14-5-6-15(34)31-18(14)35/h1-4,7,14H,5-6,8H2,(H,31,34,35). The van der Waals surface area contributed by atoms with Gasteiger partial charge in [0.15, 0.2) is 0 Å². The summed E-state index contributed by atoms with van der Waals surface area (Å²) in [6, 6.07) is 4.93. The minimum atomic E-state index is -4.28. The summed E-state index contributed by atoms with van der Waals surface area (Å²) >= 11 is 5.79. The van der Waals surface area contributed by atoms with Crippen molar-refractivity contribution in [2.24, 2.45) is 0 Å². The monoisotopic (exact) mass is 511 g/mol. The average molecular weight is 511 g/mol. The van der Waals surface area contributed by atoms with Crippen molar-refractivity contribution < 1.29 is 28.0 Å². The van der Waals surface area contributed by atoms with Crippen LogP contribution in [0.4, 0.5) is 8.78 Å². The van der Waals surface area contributed by atoms with Crippen molar-refractivity contribution in [1.82, 2.24) is 15.0 Å². The van der Waals surface area contributed by atoms with Crippen molar-refractivity contribution >= 4 is 85.5 Å². The molecule has 10 radical (unpaired) electrons. The van der Waals surface area contributed by atoms with Gasteiger partial charge in [-0.1, -0.05) is 40.7 Å². The molecular formula is C22H13B5ClF2N3O4. The Labute approximate surface area is 222 Å². The first-order valence-corrected chi connectivity index (χ1v) is 11.2. The van der Waals surface area contributed by atoms with E-state index in [0.717, 1.165) is 12.1 Å². The van der Waals surface area contributed by atoms with E-state index in [9.17, 15) is 19.2 Å². The Morgan fingerprint density at radius 1 is 1.11 bits per heavy atom. The summed E-state index contributed by atoms with van der Waals surface area (Å²) in [6.45, 7) is -0.0420. The lowest BCUT2D eigenvalue weighted by atomic mass is 9.55. The van der Waals surface area contributed by atoms with Crippen molar-refractivity contribution in [3.63, 3.8) is 0 Å². The number of carbonyl (C=O) groups excluding carboxylic acids is 4. The maximum atomic E-state index is 15.1. The van der Waals surface area contributed by atoms with Gasteiger partial charge in [-0.2, -0.15) is 8.78 Å². The molecule has 1 saturated heterocycles. The lowest BCUT2D eigenvalue weighted by Crippen LogP contribution is -2.55. The summed E-state index contributed by atoms with van der Waals surface area (Å²) < 4.78 is 30.3. The largest absolute Gasteiger partial charge is 0.398 e. The molecular weight excluding hydrogens is 498 g/mol. The Balaban J connectivity index is 1.60. The number of amides is 4. The van der Waals surface area contributed by atoms with E-state index in [1.807, 2.05) is 0 Å². The highest BCUT2D eigenvalue weighted by atomic mass is 35.5. The molecule has 15 heteroatoms. The van der Waals surface area contributed by atoms with Crippen LogP contribution >= 0.6 is 11.6 Å². The van der Waals surface area contributed by atoms with Gasteiger partial charge in [0.1, 0.15) is 21.7 Å². The zero-order valence-electron chi connectivity index (χ0n) is 19.1. The smallest absolute Gasteiger partial charge is 0.348 e. The van der Waals surface area contributed by atoms with Gasteiger partial charge in [0.05, 0.1) is 15.7 Å². The Morgan fingerprint density at radius 2 is 1.78 bits per heavy atom. The van der Waals surface area contributed by atoms with E-state index in [0.29, 0.717) is 5.56 Å². The fraction of sp³-hybridized carbons (Fsp3) is 0.273. The molecule has 0 aromatic heterocycles. The van der Waals surface area contributed by atoms with Gasteiger partial charge < -0.3 is 9.71 Å². The lowest BCUT2D eigenvalue weighted by Gasteiger charge is -2.40. The molecule has 1 atom stereocenters. The number of nitrogens with one attached hydrogen (secondary N) is 1. The minimum Gasteiger partial charge on any atom is -0.398 e. The third kappa shape index (κ3) is 4.49.